The van der Waals surface area contributed by atoms with Crippen LogP contribution >= 0.6 is 0 Å². The van der Waals surface area contributed by atoms with Gasteiger partial charge in [-0.2, -0.15) is 5.10 Å². The Balaban J connectivity index is 1.63. The highest BCUT2D eigenvalue weighted by Gasteiger charge is 2.26. The highest BCUT2D eigenvalue weighted by atomic mass is 16.6. The van der Waals surface area contributed by atoms with Crippen molar-refractivity contribution < 1.29 is 9.53 Å². The maximum atomic E-state index is 12.2. The lowest BCUT2D eigenvalue weighted by atomic mass is 9.97. The van der Waals surface area contributed by atoms with Gasteiger partial charge < -0.3 is 20.3 Å². The molecule has 0 unspecified atom stereocenters. The highest BCUT2D eigenvalue weighted by Crippen LogP contribution is 2.19. The van der Waals surface area contributed by atoms with Crippen molar-refractivity contribution in [3.8, 4) is 0 Å². The summed E-state index contributed by atoms with van der Waals surface area (Å²) in [4.78, 5) is 18.3. The van der Waals surface area contributed by atoms with Gasteiger partial charge in [0.1, 0.15) is 5.60 Å². The van der Waals surface area contributed by atoms with E-state index in [4.69, 9.17) is 4.74 Å². The van der Waals surface area contributed by atoms with Crippen LogP contribution in [0.25, 0.3) is 0 Å². The second-order valence-electron chi connectivity index (χ2n) is 8.79. The number of aromatic nitrogens is 2. The van der Waals surface area contributed by atoms with Crippen LogP contribution in [0.15, 0.2) is 11.1 Å². The Morgan fingerprint density at radius 1 is 1.28 bits per heavy atom. The number of hydrogen-bond acceptors (Lipinski definition) is 4. The zero-order chi connectivity index (χ0) is 21.4. The Kier molecular flexibility index (Phi) is 8.34. The molecular formula is C21H38N6O2. The van der Waals surface area contributed by atoms with Gasteiger partial charge in [-0.25, -0.2) is 4.79 Å². The lowest BCUT2D eigenvalue weighted by Gasteiger charge is -2.33. The van der Waals surface area contributed by atoms with Crippen molar-refractivity contribution >= 4 is 12.1 Å². The molecule has 1 aliphatic heterocycles. The van der Waals surface area contributed by atoms with E-state index in [0.29, 0.717) is 5.92 Å². The fraction of sp³-hybridized carbons (Fsp3) is 0.762. The molecule has 1 amide bonds. The number of hydrogen-bond donors (Lipinski definition) is 2. The molecule has 1 aliphatic rings. The average molecular weight is 407 g/mol. The molecule has 0 radical (unpaired) electrons. The highest BCUT2D eigenvalue weighted by molar-refractivity contribution is 5.79. The molecule has 1 saturated heterocycles. The van der Waals surface area contributed by atoms with E-state index in [1.807, 2.05) is 37.3 Å². The summed E-state index contributed by atoms with van der Waals surface area (Å²) in [5, 5.41) is 11.3. The summed E-state index contributed by atoms with van der Waals surface area (Å²) < 4.78 is 7.51. The van der Waals surface area contributed by atoms with E-state index < -0.39 is 5.60 Å². The lowest BCUT2D eigenvalue weighted by Crippen LogP contribution is -2.45. The fourth-order valence-electron chi connectivity index (χ4n) is 3.44. The maximum absolute atomic E-state index is 12.2. The molecule has 2 rings (SSSR count). The minimum atomic E-state index is -0.442. The summed E-state index contributed by atoms with van der Waals surface area (Å²) in [5.74, 6) is 1.36. The van der Waals surface area contributed by atoms with Gasteiger partial charge in [-0.1, -0.05) is 0 Å². The molecule has 1 fully saturated rings. The monoisotopic (exact) mass is 406 g/mol. The molecule has 0 aromatic carbocycles. The number of ether oxygens (including phenoxy) is 1. The third kappa shape index (κ3) is 7.95. The van der Waals surface area contributed by atoms with Crippen molar-refractivity contribution in [1.29, 1.82) is 0 Å². The summed E-state index contributed by atoms with van der Waals surface area (Å²) in [6.07, 6.45) is 2.73. The summed E-state index contributed by atoms with van der Waals surface area (Å²) in [7, 11) is 1.79. The largest absolute Gasteiger partial charge is 0.444 e. The number of aliphatic imine (C=N–C) groups is 1. The molecule has 1 aromatic heterocycles. The van der Waals surface area contributed by atoms with Gasteiger partial charge in [0.05, 0.1) is 5.69 Å². The first-order valence-electron chi connectivity index (χ1n) is 10.6. The zero-order valence-electron chi connectivity index (χ0n) is 18.9. The second kappa shape index (κ2) is 10.5. The SMILES string of the molecule is CN=C(NCCCn1nc(C)cc1C)NCC1CCN(C(=O)OC(C)(C)C)CC1. The van der Waals surface area contributed by atoms with Crippen LogP contribution in [0.5, 0.6) is 0 Å². The van der Waals surface area contributed by atoms with E-state index in [9.17, 15) is 4.79 Å². The number of nitrogens with zero attached hydrogens (tertiary/aromatic N) is 4. The van der Waals surface area contributed by atoms with Crippen LogP contribution in [-0.2, 0) is 11.3 Å². The number of likely N-dealkylation sites (tertiary alicyclic amines) is 1. The molecule has 164 valence electrons. The Bertz CT molecular complexity index is 684. The Morgan fingerprint density at radius 3 is 2.52 bits per heavy atom. The summed E-state index contributed by atoms with van der Waals surface area (Å²) >= 11 is 0. The number of carbonyl (C=O) groups excluding carboxylic acids is 1. The molecule has 1 aromatic rings. The van der Waals surface area contributed by atoms with Crippen LogP contribution in [0.3, 0.4) is 0 Å². The number of rotatable bonds is 6. The van der Waals surface area contributed by atoms with Crippen molar-refractivity contribution in [2.24, 2.45) is 10.9 Å². The fourth-order valence-corrected chi connectivity index (χ4v) is 3.44. The van der Waals surface area contributed by atoms with E-state index >= 15 is 0 Å². The number of amides is 1. The van der Waals surface area contributed by atoms with Crippen LogP contribution in [-0.4, -0.2) is 65.6 Å². The molecule has 0 bridgehead atoms. The third-order valence-corrected chi connectivity index (χ3v) is 4.99. The van der Waals surface area contributed by atoms with Gasteiger partial charge in [0, 0.05) is 45.5 Å². The molecule has 8 nitrogen and oxygen atoms in total. The second-order valence-corrected chi connectivity index (χ2v) is 8.79. The predicted molar refractivity (Wildman–Crippen MR) is 116 cm³/mol. The van der Waals surface area contributed by atoms with E-state index in [-0.39, 0.29) is 6.09 Å². The van der Waals surface area contributed by atoms with Crippen molar-refractivity contribution in [3.05, 3.63) is 17.5 Å². The third-order valence-electron chi connectivity index (χ3n) is 4.99. The number of aryl methyl sites for hydroxylation is 3. The minimum Gasteiger partial charge on any atom is -0.444 e. The number of piperidine rings is 1. The van der Waals surface area contributed by atoms with E-state index in [1.165, 1.54) is 5.69 Å². The Morgan fingerprint density at radius 2 is 1.97 bits per heavy atom. The number of guanidine groups is 1. The van der Waals surface area contributed by atoms with Gasteiger partial charge in [0.15, 0.2) is 5.96 Å². The predicted octanol–water partition coefficient (Wildman–Crippen LogP) is 2.70. The summed E-state index contributed by atoms with van der Waals surface area (Å²) in [5.41, 5.74) is 1.82. The van der Waals surface area contributed by atoms with Crippen molar-refractivity contribution in [1.82, 2.24) is 25.3 Å². The summed E-state index contributed by atoms with van der Waals surface area (Å²) in [6, 6.07) is 2.10. The van der Waals surface area contributed by atoms with Gasteiger partial charge >= 0.3 is 6.09 Å². The normalized spacial score (nSPS) is 16.1. The van der Waals surface area contributed by atoms with Gasteiger partial charge in [-0.3, -0.25) is 9.67 Å². The quantitative estimate of drug-likeness (QED) is 0.431. The first kappa shape index (κ1) is 23.0. The van der Waals surface area contributed by atoms with E-state index in [2.05, 4.69) is 33.7 Å². The van der Waals surface area contributed by atoms with Gasteiger partial charge in [0.2, 0.25) is 0 Å². The van der Waals surface area contributed by atoms with E-state index in [1.54, 1.807) is 7.05 Å². The molecule has 2 heterocycles. The maximum Gasteiger partial charge on any atom is 0.410 e. The molecule has 29 heavy (non-hydrogen) atoms. The van der Waals surface area contributed by atoms with Gasteiger partial charge in [0.25, 0.3) is 0 Å². The standard InChI is InChI=1S/C21H38N6O2/c1-16-14-17(2)27(25-16)11-7-10-23-19(22-6)24-15-18-8-12-26(13-9-18)20(28)29-21(3,4)5/h14,18H,7-13,15H2,1-6H3,(H2,22,23,24). The molecule has 2 N–H and O–H groups in total. The molecule has 0 atom stereocenters. The topological polar surface area (TPSA) is 83.8 Å². The number of nitrogens with one attached hydrogen (secondary N) is 2. The van der Waals surface area contributed by atoms with Crippen LogP contribution in [0.4, 0.5) is 4.79 Å². The van der Waals surface area contributed by atoms with Crippen LogP contribution in [0.2, 0.25) is 0 Å². The van der Waals surface area contributed by atoms with E-state index in [0.717, 1.165) is 63.6 Å². The van der Waals surface area contributed by atoms with Crippen molar-refractivity contribution in [2.75, 3.05) is 33.2 Å². The smallest absolute Gasteiger partial charge is 0.410 e. The van der Waals surface area contributed by atoms with Gasteiger partial charge in [-0.05, 0) is 65.9 Å². The zero-order valence-corrected chi connectivity index (χ0v) is 18.9. The van der Waals surface area contributed by atoms with Gasteiger partial charge in [-0.15, -0.1) is 0 Å². The molecule has 0 spiro atoms. The average Bonchev–Trinajstić information content (AvgIpc) is 2.97. The molecule has 0 saturated carbocycles. The first-order valence-corrected chi connectivity index (χ1v) is 10.6. The molecule has 8 heteroatoms. The molecular weight excluding hydrogens is 368 g/mol. The molecule has 0 aliphatic carbocycles. The first-order chi connectivity index (χ1) is 13.7. The number of carbonyl (C=O) groups is 1. The van der Waals surface area contributed by atoms with Crippen LogP contribution in [0.1, 0.15) is 51.4 Å². The van der Waals surface area contributed by atoms with Crippen LogP contribution in [0, 0.1) is 19.8 Å². The lowest BCUT2D eigenvalue weighted by molar-refractivity contribution is 0.0185. The minimum absolute atomic E-state index is 0.205. The Hall–Kier alpha value is -2.25. The van der Waals surface area contributed by atoms with Crippen molar-refractivity contribution in [2.45, 2.75) is 66.0 Å². The summed E-state index contributed by atoms with van der Waals surface area (Å²) in [6.45, 7) is 13.9. The van der Waals surface area contributed by atoms with Crippen molar-refractivity contribution in [3.63, 3.8) is 0 Å². The Labute approximate surface area is 175 Å². The van der Waals surface area contributed by atoms with Crippen LogP contribution < -0.4 is 10.6 Å².